The lowest BCUT2D eigenvalue weighted by Crippen LogP contribution is -2.21. The van der Waals surface area contributed by atoms with Crippen molar-refractivity contribution in [2.24, 2.45) is 0 Å². The fourth-order valence-corrected chi connectivity index (χ4v) is 1.93. The zero-order chi connectivity index (χ0) is 11.4. The van der Waals surface area contributed by atoms with Gasteiger partial charge in [-0.25, -0.2) is 4.79 Å². The summed E-state index contributed by atoms with van der Waals surface area (Å²) in [6.07, 6.45) is 2.69. The third-order valence-corrected chi connectivity index (χ3v) is 2.75. The van der Waals surface area contributed by atoms with Gasteiger partial charge in [-0.3, -0.25) is 0 Å². The molecule has 0 aromatic carbocycles. The van der Waals surface area contributed by atoms with Gasteiger partial charge in [-0.2, -0.15) is 0 Å². The topological polar surface area (TPSA) is 42.2 Å². The molecule has 84 valence electrons. The van der Waals surface area contributed by atoms with E-state index in [4.69, 9.17) is 0 Å². The highest BCUT2D eigenvalue weighted by Crippen LogP contribution is 2.21. The van der Waals surface area contributed by atoms with Crippen molar-refractivity contribution in [1.82, 2.24) is 4.57 Å². The van der Waals surface area contributed by atoms with E-state index in [1.54, 1.807) is 0 Å². The molecule has 1 heterocycles. The van der Waals surface area contributed by atoms with Crippen LogP contribution in [0, 0.1) is 13.8 Å². The second kappa shape index (κ2) is 5.01. The van der Waals surface area contributed by atoms with Gasteiger partial charge in [0.15, 0.2) is 0 Å². The van der Waals surface area contributed by atoms with E-state index in [1.807, 2.05) is 30.5 Å². The molecule has 0 bridgehead atoms. The number of hydrogen-bond acceptors (Lipinski definition) is 1. The van der Waals surface area contributed by atoms with E-state index in [0.29, 0.717) is 6.42 Å². The molecular formula is C12H19NO2. The molecule has 0 amide bonds. The van der Waals surface area contributed by atoms with Crippen molar-refractivity contribution < 1.29 is 9.90 Å². The maximum atomic E-state index is 11.2. The third-order valence-electron chi connectivity index (χ3n) is 2.75. The first-order valence-electron chi connectivity index (χ1n) is 5.45. The summed E-state index contributed by atoms with van der Waals surface area (Å²) in [5, 5.41) is 9.20. The van der Waals surface area contributed by atoms with E-state index < -0.39 is 12.0 Å². The minimum absolute atomic E-state index is 0.403. The van der Waals surface area contributed by atoms with E-state index in [9.17, 15) is 9.90 Å². The summed E-state index contributed by atoms with van der Waals surface area (Å²) < 4.78 is 1.91. The molecule has 1 aromatic rings. The summed E-state index contributed by atoms with van der Waals surface area (Å²) in [5.41, 5.74) is 2.05. The molecule has 15 heavy (non-hydrogen) atoms. The summed E-state index contributed by atoms with van der Waals surface area (Å²) in [5.74, 6) is -0.731. The number of aromatic nitrogens is 1. The van der Waals surface area contributed by atoms with Gasteiger partial charge in [-0.1, -0.05) is 19.8 Å². The minimum Gasteiger partial charge on any atom is -0.480 e. The summed E-state index contributed by atoms with van der Waals surface area (Å²) in [7, 11) is 0. The van der Waals surface area contributed by atoms with Crippen LogP contribution >= 0.6 is 0 Å². The van der Waals surface area contributed by atoms with Gasteiger partial charge in [0.2, 0.25) is 0 Å². The lowest BCUT2D eigenvalue weighted by Gasteiger charge is -2.18. The second-order valence-corrected chi connectivity index (χ2v) is 3.98. The molecule has 0 fully saturated rings. The first-order valence-corrected chi connectivity index (χ1v) is 5.45. The van der Waals surface area contributed by atoms with Crippen LogP contribution in [0.1, 0.15) is 43.6 Å². The Morgan fingerprint density at radius 1 is 1.40 bits per heavy atom. The number of unbranched alkanes of at least 4 members (excludes halogenated alkanes) is 1. The van der Waals surface area contributed by atoms with Crippen molar-refractivity contribution in [2.75, 3.05) is 0 Å². The Morgan fingerprint density at radius 3 is 2.33 bits per heavy atom. The lowest BCUT2D eigenvalue weighted by atomic mass is 10.1. The number of carboxylic acids is 1. The second-order valence-electron chi connectivity index (χ2n) is 3.98. The summed E-state index contributed by atoms with van der Waals surface area (Å²) in [4.78, 5) is 11.2. The van der Waals surface area contributed by atoms with Crippen molar-refractivity contribution in [1.29, 1.82) is 0 Å². The highest BCUT2D eigenvalue weighted by Gasteiger charge is 2.20. The molecule has 1 rings (SSSR count). The quantitative estimate of drug-likeness (QED) is 0.810. The summed E-state index contributed by atoms with van der Waals surface area (Å²) in [6.45, 7) is 5.98. The van der Waals surface area contributed by atoms with E-state index >= 15 is 0 Å². The van der Waals surface area contributed by atoms with Crippen molar-refractivity contribution in [3.8, 4) is 0 Å². The Hall–Kier alpha value is -1.25. The largest absolute Gasteiger partial charge is 0.480 e. The molecule has 0 aliphatic heterocycles. The molecule has 0 radical (unpaired) electrons. The van der Waals surface area contributed by atoms with Crippen LogP contribution in [0.15, 0.2) is 12.1 Å². The number of carboxylic acid groups (broad SMARTS) is 1. The standard InChI is InChI=1S/C12H19NO2/c1-4-5-6-11(12(14)15)13-9(2)7-8-10(13)3/h7-8,11H,4-6H2,1-3H3,(H,14,15). The molecule has 1 unspecified atom stereocenters. The van der Waals surface area contributed by atoms with E-state index in [1.165, 1.54) is 0 Å². The van der Waals surface area contributed by atoms with Gasteiger partial charge in [-0.15, -0.1) is 0 Å². The normalized spacial score (nSPS) is 12.7. The zero-order valence-electron chi connectivity index (χ0n) is 9.66. The maximum Gasteiger partial charge on any atom is 0.326 e. The van der Waals surface area contributed by atoms with E-state index in [0.717, 1.165) is 24.2 Å². The molecular weight excluding hydrogens is 190 g/mol. The Labute approximate surface area is 90.7 Å². The Morgan fingerprint density at radius 2 is 1.93 bits per heavy atom. The zero-order valence-corrected chi connectivity index (χ0v) is 9.66. The predicted molar refractivity (Wildman–Crippen MR) is 60.1 cm³/mol. The van der Waals surface area contributed by atoms with Gasteiger partial charge in [0.25, 0.3) is 0 Å². The number of aryl methyl sites for hydroxylation is 2. The Kier molecular flexibility index (Phi) is 3.95. The average Bonchev–Trinajstić information content (AvgIpc) is 2.49. The molecule has 0 aliphatic carbocycles. The monoisotopic (exact) mass is 209 g/mol. The van der Waals surface area contributed by atoms with Gasteiger partial charge in [-0.05, 0) is 32.4 Å². The number of carbonyl (C=O) groups is 1. The van der Waals surface area contributed by atoms with Crippen molar-refractivity contribution in [3.05, 3.63) is 23.5 Å². The van der Waals surface area contributed by atoms with Crippen LogP contribution in [0.2, 0.25) is 0 Å². The number of rotatable bonds is 5. The fourth-order valence-electron chi connectivity index (χ4n) is 1.93. The molecule has 0 spiro atoms. The molecule has 3 heteroatoms. The van der Waals surface area contributed by atoms with Gasteiger partial charge < -0.3 is 9.67 Å². The molecule has 0 aliphatic rings. The SMILES string of the molecule is CCCCC(C(=O)O)n1c(C)ccc1C. The van der Waals surface area contributed by atoms with Crippen molar-refractivity contribution in [3.63, 3.8) is 0 Å². The maximum absolute atomic E-state index is 11.2. The molecule has 0 saturated heterocycles. The Balaban J connectivity index is 2.93. The number of nitrogens with zero attached hydrogens (tertiary/aromatic N) is 1. The fraction of sp³-hybridized carbons (Fsp3) is 0.583. The Bertz CT molecular complexity index is 322. The van der Waals surface area contributed by atoms with Gasteiger partial charge in [0.05, 0.1) is 0 Å². The van der Waals surface area contributed by atoms with Crippen LogP contribution in [0.5, 0.6) is 0 Å². The average molecular weight is 209 g/mol. The minimum atomic E-state index is -0.731. The van der Waals surface area contributed by atoms with Crippen LogP contribution in [0.25, 0.3) is 0 Å². The predicted octanol–water partition coefficient (Wildman–Crippen LogP) is 2.92. The van der Waals surface area contributed by atoms with Gasteiger partial charge >= 0.3 is 5.97 Å². The van der Waals surface area contributed by atoms with Gasteiger partial charge in [0, 0.05) is 11.4 Å². The molecule has 3 nitrogen and oxygen atoms in total. The highest BCUT2D eigenvalue weighted by atomic mass is 16.4. The molecule has 1 aromatic heterocycles. The molecule has 0 saturated carbocycles. The van der Waals surface area contributed by atoms with Crippen molar-refractivity contribution in [2.45, 2.75) is 46.1 Å². The van der Waals surface area contributed by atoms with E-state index in [2.05, 4.69) is 6.92 Å². The van der Waals surface area contributed by atoms with Crippen LogP contribution in [-0.2, 0) is 4.79 Å². The summed E-state index contributed by atoms with van der Waals surface area (Å²) >= 11 is 0. The summed E-state index contributed by atoms with van der Waals surface area (Å²) in [6, 6.07) is 3.54. The number of hydrogen-bond donors (Lipinski definition) is 1. The van der Waals surface area contributed by atoms with Crippen LogP contribution in [0.4, 0.5) is 0 Å². The van der Waals surface area contributed by atoms with Crippen molar-refractivity contribution >= 4 is 5.97 Å². The smallest absolute Gasteiger partial charge is 0.326 e. The van der Waals surface area contributed by atoms with Crippen LogP contribution in [-0.4, -0.2) is 15.6 Å². The first kappa shape index (κ1) is 11.8. The third kappa shape index (κ3) is 2.61. The molecule has 1 atom stereocenters. The lowest BCUT2D eigenvalue weighted by molar-refractivity contribution is -0.141. The molecule has 1 N–H and O–H groups in total. The highest BCUT2D eigenvalue weighted by molar-refractivity contribution is 5.72. The van der Waals surface area contributed by atoms with Crippen LogP contribution < -0.4 is 0 Å². The van der Waals surface area contributed by atoms with Crippen LogP contribution in [0.3, 0.4) is 0 Å². The van der Waals surface area contributed by atoms with E-state index in [-0.39, 0.29) is 0 Å². The van der Waals surface area contributed by atoms with Gasteiger partial charge in [0.1, 0.15) is 6.04 Å². The first-order chi connectivity index (χ1) is 7.07. The number of aliphatic carboxylic acids is 1.